The Labute approximate surface area is 125 Å². The minimum atomic E-state index is -0.689. The monoisotopic (exact) mass is 294 g/mol. The molecule has 0 spiro atoms. The molecular formula is C16H22O5. The first-order chi connectivity index (χ1) is 9.96. The summed E-state index contributed by atoms with van der Waals surface area (Å²) in [6, 6.07) is 9.93. The van der Waals surface area contributed by atoms with Gasteiger partial charge in [-0.05, 0) is 19.4 Å². The first-order valence-electron chi connectivity index (χ1n) is 7.07. The van der Waals surface area contributed by atoms with Crippen LogP contribution in [-0.2, 0) is 30.3 Å². The number of carbonyl (C=O) groups is 1. The second kappa shape index (κ2) is 7.02. The molecule has 0 unspecified atom stereocenters. The van der Waals surface area contributed by atoms with Gasteiger partial charge in [0.25, 0.3) is 0 Å². The van der Waals surface area contributed by atoms with E-state index in [1.54, 1.807) is 0 Å². The molecular weight excluding hydrogens is 272 g/mol. The Balaban J connectivity index is 1.82. The molecule has 0 amide bonds. The number of hydrogen-bond acceptors (Lipinski definition) is 5. The van der Waals surface area contributed by atoms with Crippen molar-refractivity contribution in [3.05, 3.63) is 35.9 Å². The maximum absolute atomic E-state index is 10.9. The molecule has 2 atom stereocenters. The predicted octanol–water partition coefficient (Wildman–Crippen LogP) is 2.29. The zero-order valence-corrected chi connectivity index (χ0v) is 12.7. The Hall–Kier alpha value is -1.43. The van der Waals surface area contributed by atoms with Gasteiger partial charge in [0.05, 0.1) is 13.2 Å². The summed E-state index contributed by atoms with van der Waals surface area (Å²) in [5, 5.41) is 0. The van der Waals surface area contributed by atoms with E-state index >= 15 is 0 Å². The van der Waals surface area contributed by atoms with E-state index in [0.717, 1.165) is 5.56 Å². The number of esters is 1. The summed E-state index contributed by atoms with van der Waals surface area (Å²) in [5.41, 5.74) is 1.10. The molecule has 0 radical (unpaired) electrons. The minimum absolute atomic E-state index is 0.179. The Kier molecular flexibility index (Phi) is 5.33. The zero-order chi connectivity index (χ0) is 15.3. The summed E-state index contributed by atoms with van der Waals surface area (Å²) >= 11 is 0. The third-order valence-corrected chi connectivity index (χ3v) is 3.13. The number of hydrogen-bond donors (Lipinski definition) is 0. The quantitative estimate of drug-likeness (QED) is 0.753. The maximum Gasteiger partial charge on any atom is 0.302 e. The van der Waals surface area contributed by atoms with E-state index in [1.165, 1.54) is 6.92 Å². The molecule has 5 nitrogen and oxygen atoms in total. The van der Waals surface area contributed by atoms with Crippen LogP contribution in [0.25, 0.3) is 0 Å². The molecule has 0 aromatic heterocycles. The lowest BCUT2D eigenvalue weighted by atomic mass is 10.2. The van der Waals surface area contributed by atoms with Gasteiger partial charge < -0.3 is 18.9 Å². The van der Waals surface area contributed by atoms with Crippen LogP contribution >= 0.6 is 0 Å². The maximum atomic E-state index is 10.9. The Morgan fingerprint density at radius 1 is 1.14 bits per heavy atom. The fraction of sp³-hybridized carbons (Fsp3) is 0.562. The molecule has 0 N–H and O–H groups in total. The van der Waals surface area contributed by atoms with Gasteiger partial charge in [-0.1, -0.05) is 30.3 Å². The third-order valence-electron chi connectivity index (χ3n) is 3.13. The van der Waals surface area contributed by atoms with Crippen molar-refractivity contribution in [2.75, 3.05) is 13.2 Å². The summed E-state index contributed by atoms with van der Waals surface area (Å²) in [6.07, 6.45) is -0.553. The van der Waals surface area contributed by atoms with Crippen LogP contribution in [0, 0.1) is 0 Å². The number of benzene rings is 1. The molecule has 116 valence electrons. The van der Waals surface area contributed by atoms with E-state index in [2.05, 4.69) is 0 Å². The van der Waals surface area contributed by atoms with Gasteiger partial charge in [-0.3, -0.25) is 4.79 Å². The highest BCUT2D eigenvalue weighted by Gasteiger charge is 2.41. The van der Waals surface area contributed by atoms with Gasteiger partial charge in [0, 0.05) is 6.92 Å². The third kappa shape index (κ3) is 5.12. The predicted molar refractivity (Wildman–Crippen MR) is 76.6 cm³/mol. The van der Waals surface area contributed by atoms with E-state index in [4.69, 9.17) is 18.9 Å². The first kappa shape index (κ1) is 15.9. The van der Waals surface area contributed by atoms with Gasteiger partial charge in [0.15, 0.2) is 5.79 Å². The zero-order valence-electron chi connectivity index (χ0n) is 12.7. The molecule has 1 saturated heterocycles. The number of carbonyl (C=O) groups excluding carboxylic acids is 1. The van der Waals surface area contributed by atoms with E-state index in [9.17, 15) is 4.79 Å². The van der Waals surface area contributed by atoms with Crippen molar-refractivity contribution in [2.24, 2.45) is 0 Å². The molecule has 1 aliphatic rings. The van der Waals surface area contributed by atoms with Gasteiger partial charge in [-0.25, -0.2) is 0 Å². The highest BCUT2D eigenvalue weighted by atomic mass is 16.8. The van der Waals surface area contributed by atoms with Crippen molar-refractivity contribution in [3.63, 3.8) is 0 Å². The van der Waals surface area contributed by atoms with E-state index in [0.29, 0.717) is 13.2 Å². The van der Waals surface area contributed by atoms with E-state index < -0.39 is 5.79 Å². The lowest BCUT2D eigenvalue weighted by Crippen LogP contribution is -2.32. The van der Waals surface area contributed by atoms with Crippen LogP contribution in [0.4, 0.5) is 0 Å². The number of rotatable bonds is 6. The second-order valence-electron chi connectivity index (χ2n) is 5.52. The van der Waals surface area contributed by atoms with Crippen LogP contribution in [0.5, 0.6) is 0 Å². The van der Waals surface area contributed by atoms with Gasteiger partial charge in [0.2, 0.25) is 0 Å². The molecule has 1 heterocycles. The molecule has 1 aliphatic heterocycles. The van der Waals surface area contributed by atoms with Gasteiger partial charge in [-0.2, -0.15) is 0 Å². The molecule has 1 aromatic carbocycles. The summed E-state index contributed by atoms with van der Waals surface area (Å²) in [4.78, 5) is 10.9. The molecule has 0 aliphatic carbocycles. The minimum Gasteiger partial charge on any atom is -0.463 e. The Morgan fingerprint density at radius 2 is 1.76 bits per heavy atom. The average Bonchev–Trinajstić information content (AvgIpc) is 2.72. The molecule has 5 heteroatoms. The lowest BCUT2D eigenvalue weighted by Gasteiger charge is -2.16. The fourth-order valence-electron chi connectivity index (χ4n) is 2.26. The Bertz CT molecular complexity index is 457. The van der Waals surface area contributed by atoms with Crippen molar-refractivity contribution in [1.29, 1.82) is 0 Å². The lowest BCUT2D eigenvalue weighted by molar-refractivity contribution is -0.160. The van der Waals surface area contributed by atoms with E-state index in [1.807, 2.05) is 44.2 Å². The summed E-state index contributed by atoms with van der Waals surface area (Å²) < 4.78 is 22.2. The summed E-state index contributed by atoms with van der Waals surface area (Å²) in [6.45, 7) is 6.14. The normalized spacial score (nSPS) is 24.0. The van der Waals surface area contributed by atoms with Crippen LogP contribution in [0.3, 0.4) is 0 Å². The molecule has 1 aromatic rings. The standard InChI is InChI=1S/C16H22O5/c1-12(17)19-11-15-14(20-16(2,3)21-15)10-18-9-13-7-5-4-6-8-13/h4-8,14-15H,9-11H2,1-3H3/t14-,15-/m1/s1. The van der Waals surface area contributed by atoms with Crippen LogP contribution in [0.2, 0.25) is 0 Å². The molecule has 21 heavy (non-hydrogen) atoms. The van der Waals surface area contributed by atoms with Crippen LogP contribution in [0.15, 0.2) is 30.3 Å². The van der Waals surface area contributed by atoms with Crippen molar-refractivity contribution in [1.82, 2.24) is 0 Å². The van der Waals surface area contributed by atoms with Crippen LogP contribution < -0.4 is 0 Å². The summed E-state index contributed by atoms with van der Waals surface area (Å²) in [5.74, 6) is -1.02. The highest BCUT2D eigenvalue weighted by molar-refractivity contribution is 5.65. The van der Waals surface area contributed by atoms with Crippen LogP contribution in [0.1, 0.15) is 26.3 Å². The molecule has 1 fully saturated rings. The van der Waals surface area contributed by atoms with Gasteiger partial charge in [-0.15, -0.1) is 0 Å². The van der Waals surface area contributed by atoms with Crippen LogP contribution in [-0.4, -0.2) is 37.2 Å². The van der Waals surface area contributed by atoms with Crippen molar-refractivity contribution >= 4 is 5.97 Å². The average molecular weight is 294 g/mol. The first-order valence-corrected chi connectivity index (χ1v) is 7.07. The van der Waals surface area contributed by atoms with Crippen molar-refractivity contribution in [2.45, 2.75) is 45.4 Å². The van der Waals surface area contributed by atoms with Gasteiger partial charge in [0.1, 0.15) is 18.8 Å². The molecule has 0 bridgehead atoms. The SMILES string of the molecule is CC(=O)OC[C@H]1OC(C)(C)O[C@@H]1COCc1ccccc1. The van der Waals surface area contributed by atoms with Crippen molar-refractivity contribution in [3.8, 4) is 0 Å². The molecule has 0 saturated carbocycles. The highest BCUT2D eigenvalue weighted by Crippen LogP contribution is 2.28. The largest absolute Gasteiger partial charge is 0.463 e. The Morgan fingerprint density at radius 3 is 2.38 bits per heavy atom. The van der Waals surface area contributed by atoms with Gasteiger partial charge >= 0.3 is 5.97 Å². The second-order valence-corrected chi connectivity index (χ2v) is 5.52. The van der Waals surface area contributed by atoms with Crippen molar-refractivity contribution < 1.29 is 23.7 Å². The smallest absolute Gasteiger partial charge is 0.302 e. The topological polar surface area (TPSA) is 54.0 Å². The number of ether oxygens (including phenoxy) is 4. The summed E-state index contributed by atoms with van der Waals surface area (Å²) in [7, 11) is 0. The fourth-order valence-corrected chi connectivity index (χ4v) is 2.26. The van der Waals surface area contributed by atoms with E-state index in [-0.39, 0.29) is 24.8 Å². The molecule has 2 rings (SSSR count).